The van der Waals surface area contributed by atoms with E-state index in [9.17, 15) is 0 Å². The summed E-state index contributed by atoms with van der Waals surface area (Å²) in [6.45, 7) is 6.16. The summed E-state index contributed by atoms with van der Waals surface area (Å²) in [7, 11) is 3.26. The van der Waals surface area contributed by atoms with Gasteiger partial charge in [-0.1, -0.05) is 13.8 Å². The Labute approximate surface area is 125 Å². The Balaban J connectivity index is 2.10. The van der Waals surface area contributed by atoms with Crippen molar-refractivity contribution in [2.45, 2.75) is 20.4 Å². The van der Waals surface area contributed by atoms with Gasteiger partial charge >= 0.3 is 0 Å². The van der Waals surface area contributed by atoms with Crippen molar-refractivity contribution in [3.05, 3.63) is 30.1 Å². The summed E-state index contributed by atoms with van der Waals surface area (Å²) in [6.07, 6.45) is 1.86. The Hall–Kier alpha value is -2.01. The van der Waals surface area contributed by atoms with Crippen LogP contribution < -0.4 is 14.8 Å². The third kappa shape index (κ3) is 3.98. The van der Waals surface area contributed by atoms with E-state index in [-0.39, 0.29) is 0 Å². The monoisotopic (exact) mass is 289 g/mol. The molecular formula is C16H23N3O2. The van der Waals surface area contributed by atoms with Crippen LogP contribution in [0.25, 0.3) is 11.4 Å². The predicted octanol–water partition coefficient (Wildman–Crippen LogP) is 2.84. The third-order valence-corrected chi connectivity index (χ3v) is 3.15. The van der Waals surface area contributed by atoms with Gasteiger partial charge in [-0.25, -0.2) is 4.98 Å². The maximum absolute atomic E-state index is 5.32. The summed E-state index contributed by atoms with van der Waals surface area (Å²) in [5.41, 5.74) is 2.04. The minimum Gasteiger partial charge on any atom is -0.493 e. The molecule has 0 atom stereocenters. The molecule has 114 valence electrons. The number of rotatable bonds is 7. The lowest BCUT2D eigenvalue weighted by molar-refractivity contribution is 0.355. The van der Waals surface area contributed by atoms with Crippen molar-refractivity contribution in [1.82, 2.24) is 15.3 Å². The average Bonchev–Trinajstić information content (AvgIpc) is 2.95. The number of ether oxygens (including phenoxy) is 2. The van der Waals surface area contributed by atoms with E-state index in [2.05, 4.69) is 29.1 Å². The van der Waals surface area contributed by atoms with Crippen molar-refractivity contribution in [3.63, 3.8) is 0 Å². The van der Waals surface area contributed by atoms with E-state index in [4.69, 9.17) is 9.47 Å². The SMILES string of the molecule is COc1ccc(-c2ncc(CNCC(C)C)[nH]2)cc1OC. The number of hydrogen-bond acceptors (Lipinski definition) is 4. The highest BCUT2D eigenvalue weighted by Gasteiger charge is 2.09. The van der Waals surface area contributed by atoms with Crippen molar-refractivity contribution in [3.8, 4) is 22.9 Å². The van der Waals surface area contributed by atoms with Crippen LogP contribution in [0.1, 0.15) is 19.5 Å². The maximum atomic E-state index is 5.32. The Morgan fingerprint density at radius 1 is 1.19 bits per heavy atom. The molecule has 0 saturated heterocycles. The normalized spacial score (nSPS) is 10.9. The van der Waals surface area contributed by atoms with Crippen LogP contribution in [-0.2, 0) is 6.54 Å². The summed E-state index contributed by atoms with van der Waals surface area (Å²) >= 11 is 0. The molecule has 0 radical (unpaired) electrons. The van der Waals surface area contributed by atoms with Gasteiger partial charge in [0.2, 0.25) is 0 Å². The first-order chi connectivity index (χ1) is 10.1. The van der Waals surface area contributed by atoms with Crippen molar-refractivity contribution in [1.29, 1.82) is 0 Å². The smallest absolute Gasteiger partial charge is 0.161 e. The van der Waals surface area contributed by atoms with Crippen LogP contribution in [0.2, 0.25) is 0 Å². The summed E-state index contributed by atoms with van der Waals surface area (Å²) in [5, 5.41) is 3.39. The van der Waals surface area contributed by atoms with Crippen LogP contribution in [0.15, 0.2) is 24.4 Å². The Kier molecular flexibility index (Phi) is 5.22. The fourth-order valence-electron chi connectivity index (χ4n) is 2.07. The highest BCUT2D eigenvalue weighted by molar-refractivity contribution is 5.61. The quantitative estimate of drug-likeness (QED) is 0.823. The molecule has 21 heavy (non-hydrogen) atoms. The molecule has 0 aliphatic carbocycles. The molecule has 0 aliphatic heterocycles. The standard InChI is InChI=1S/C16H23N3O2/c1-11(2)8-17-9-13-10-18-16(19-13)12-5-6-14(20-3)15(7-12)21-4/h5-7,10-11,17H,8-9H2,1-4H3,(H,18,19). The molecule has 2 aromatic rings. The minimum absolute atomic E-state index is 0.637. The molecule has 0 amide bonds. The first-order valence-electron chi connectivity index (χ1n) is 7.11. The number of aromatic amines is 1. The molecule has 1 aromatic carbocycles. The van der Waals surface area contributed by atoms with Crippen LogP contribution >= 0.6 is 0 Å². The molecule has 0 aliphatic rings. The Morgan fingerprint density at radius 2 is 1.95 bits per heavy atom. The molecule has 1 aromatic heterocycles. The van der Waals surface area contributed by atoms with Gasteiger partial charge in [-0.05, 0) is 30.7 Å². The highest BCUT2D eigenvalue weighted by Crippen LogP contribution is 2.31. The van der Waals surface area contributed by atoms with Gasteiger partial charge < -0.3 is 19.8 Å². The van der Waals surface area contributed by atoms with Crippen LogP contribution in [0.4, 0.5) is 0 Å². The van der Waals surface area contributed by atoms with Crippen molar-refractivity contribution < 1.29 is 9.47 Å². The van der Waals surface area contributed by atoms with Crippen LogP contribution in [-0.4, -0.2) is 30.7 Å². The van der Waals surface area contributed by atoms with E-state index >= 15 is 0 Å². The summed E-state index contributed by atoms with van der Waals surface area (Å²) < 4.78 is 10.6. The second-order valence-corrected chi connectivity index (χ2v) is 5.35. The first kappa shape index (κ1) is 15.4. The lowest BCUT2D eigenvalue weighted by Crippen LogP contribution is -2.19. The highest BCUT2D eigenvalue weighted by atomic mass is 16.5. The minimum atomic E-state index is 0.637. The second kappa shape index (κ2) is 7.13. The molecular weight excluding hydrogens is 266 g/mol. The van der Waals surface area contributed by atoms with E-state index in [1.807, 2.05) is 24.4 Å². The van der Waals surface area contributed by atoms with Gasteiger partial charge in [0.25, 0.3) is 0 Å². The van der Waals surface area contributed by atoms with Gasteiger partial charge in [-0.15, -0.1) is 0 Å². The number of methoxy groups -OCH3 is 2. The number of benzene rings is 1. The zero-order valence-corrected chi connectivity index (χ0v) is 13.1. The maximum Gasteiger partial charge on any atom is 0.161 e. The number of hydrogen-bond donors (Lipinski definition) is 2. The van der Waals surface area contributed by atoms with Gasteiger partial charge in [-0.2, -0.15) is 0 Å². The molecule has 0 fully saturated rings. The van der Waals surface area contributed by atoms with Crippen LogP contribution in [0.3, 0.4) is 0 Å². The van der Waals surface area contributed by atoms with Gasteiger partial charge in [0.15, 0.2) is 11.5 Å². The van der Waals surface area contributed by atoms with Crippen molar-refractivity contribution in [2.24, 2.45) is 5.92 Å². The lowest BCUT2D eigenvalue weighted by Gasteiger charge is -2.08. The molecule has 2 N–H and O–H groups in total. The van der Waals surface area contributed by atoms with Gasteiger partial charge in [0.05, 0.1) is 14.2 Å². The third-order valence-electron chi connectivity index (χ3n) is 3.15. The molecule has 0 bridgehead atoms. The van der Waals surface area contributed by atoms with Crippen molar-refractivity contribution in [2.75, 3.05) is 20.8 Å². The van der Waals surface area contributed by atoms with E-state index in [1.165, 1.54) is 0 Å². The Bertz CT molecular complexity index is 579. The fraction of sp³-hybridized carbons (Fsp3) is 0.438. The number of H-pyrrole nitrogens is 1. The number of aromatic nitrogens is 2. The summed E-state index contributed by atoms with van der Waals surface area (Å²) in [4.78, 5) is 7.75. The molecule has 5 heteroatoms. The lowest BCUT2D eigenvalue weighted by atomic mass is 10.2. The van der Waals surface area contributed by atoms with Gasteiger partial charge in [0.1, 0.15) is 5.82 Å². The average molecular weight is 289 g/mol. The topological polar surface area (TPSA) is 59.2 Å². The first-order valence-corrected chi connectivity index (χ1v) is 7.11. The zero-order chi connectivity index (χ0) is 15.2. The fourth-order valence-corrected chi connectivity index (χ4v) is 2.07. The second-order valence-electron chi connectivity index (χ2n) is 5.35. The molecule has 0 saturated carbocycles. The molecule has 0 unspecified atom stereocenters. The molecule has 1 heterocycles. The summed E-state index contributed by atoms with van der Waals surface area (Å²) in [6, 6.07) is 5.77. The molecule has 2 rings (SSSR count). The van der Waals surface area contributed by atoms with E-state index < -0.39 is 0 Å². The number of imidazole rings is 1. The van der Waals surface area contributed by atoms with Crippen molar-refractivity contribution >= 4 is 0 Å². The van der Waals surface area contributed by atoms with Gasteiger partial charge in [-0.3, -0.25) is 0 Å². The largest absolute Gasteiger partial charge is 0.493 e. The molecule has 0 spiro atoms. The van der Waals surface area contributed by atoms with Gasteiger partial charge in [0, 0.05) is 24.0 Å². The predicted molar refractivity (Wildman–Crippen MR) is 83.7 cm³/mol. The zero-order valence-electron chi connectivity index (χ0n) is 13.1. The molecule has 5 nitrogen and oxygen atoms in total. The van der Waals surface area contributed by atoms with E-state index in [0.717, 1.165) is 30.2 Å². The number of nitrogens with one attached hydrogen (secondary N) is 2. The number of nitrogens with zero attached hydrogens (tertiary/aromatic N) is 1. The Morgan fingerprint density at radius 3 is 2.62 bits per heavy atom. The summed E-state index contributed by atoms with van der Waals surface area (Å²) in [5.74, 6) is 2.88. The van der Waals surface area contributed by atoms with E-state index in [0.29, 0.717) is 17.4 Å². The van der Waals surface area contributed by atoms with Crippen LogP contribution in [0, 0.1) is 5.92 Å². The van der Waals surface area contributed by atoms with E-state index in [1.54, 1.807) is 14.2 Å². The van der Waals surface area contributed by atoms with Crippen LogP contribution in [0.5, 0.6) is 11.5 Å².